The third-order valence-corrected chi connectivity index (χ3v) is 3.32. The van der Waals surface area contributed by atoms with Crippen LogP contribution in [0.15, 0.2) is 42.7 Å². The van der Waals surface area contributed by atoms with E-state index < -0.39 is 0 Å². The molecule has 4 heteroatoms. The van der Waals surface area contributed by atoms with Crippen LogP contribution in [0, 0.1) is 6.92 Å². The van der Waals surface area contributed by atoms with Crippen molar-refractivity contribution in [3.05, 3.63) is 59.8 Å². The van der Waals surface area contributed by atoms with Crippen molar-refractivity contribution in [3.63, 3.8) is 0 Å². The molecule has 0 fully saturated rings. The topological polar surface area (TPSA) is 53.6 Å². The molecule has 0 unspecified atom stereocenters. The van der Waals surface area contributed by atoms with Gasteiger partial charge < -0.3 is 10.3 Å². The minimum atomic E-state index is 0.866. The number of benzene rings is 1. The Morgan fingerprint density at radius 2 is 2.15 bits per heavy atom. The van der Waals surface area contributed by atoms with Gasteiger partial charge in [0.2, 0.25) is 0 Å². The first kappa shape index (κ1) is 12.8. The van der Waals surface area contributed by atoms with Crippen molar-refractivity contribution >= 4 is 10.9 Å². The van der Waals surface area contributed by atoms with Gasteiger partial charge in [-0.25, -0.2) is 4.98 Å². The predicted molar refractivity (Wildman–Crippen MR) is 80.5 cm³/mol. The number of pyridine rings is 1. The maximum atomic E-state index is 4.51. The highest BCUT2D eigenvalue weighted by molar-refractivity contribution is 5.79. The van der Waals surface area contributed by atoms with Crippen molar-refractivity contribution < 1.29 is 0 Å². The van der Waals surface area contributed by atoms with Crippen molar-refractivity contribution in [3.8, 4) is 0 Å². The number of aryl methyl sites for hydroxylation is 1. The first-order chi connectivity index (χ1) is 9.81. The second-order valence-corrected chi connectivity index (χ2v) is 4.94. The first-order valence-corrected chi connectivity index (χ1v) is 6.86. The molecule has 1 aromatic carbocycles. The van der Waals surface area contributed by atoms with Gasteiger partial charge in [0.15, 0.2) is 0 Å². The van der Waals surface area contributed by atoms with Crippen LogP contribution in [0.3, 0.4) is 0 Å². The molecule has 2 N–H and O–H groups in total. The van der Waals surface area contributed by atoms with Gasteiger partial charge in [-0.05, 0) is 30.7 Å². The van der Waals surface area contributed by atoms with E-state index in [9.17, 15) is 0 Å². The third kappa shape index (κ3) is 3.03. The van der Waals surface area contributed by atoms with Crippen LogP contribution in [0.4, 0.5) is 0 Å². The highest BCUT2D eigenvalue weighted by Gasteiger charge is 1.99. The largest absolute Gasteiger partial charge is 0.349 e. The van der Waals surface area contributed by atoms with Crippen molar-refractivity contribution in [1.82, 2.24) is 20.3 Å². The Morgan fingerprint density at radius 1 is 1.20 bits per heavy atom. The fourth-order valence-electron chi connectivity index (χ4n) is 2.26. The van der Waals surface area contributed by atoms with E-state index in [4.69, 9.17) is 0 Å². The van der Waals surface area contributed by atoms with Crippen LogP contribution in [0.25, 0.3) is 10.9 Å². The molecule has 0 saturated heterocycles. The zero-order valence-corrected chi connectivity index (χ0v) is 11.6. The van der Waals surface area contributed by atoms with Gasteiger partial charge in [0, 0.05) is 43.0 Å². The van der Waals surface area contributed by atoms with Gasteiger partial charge in [0.25, 0.3) is 0 Å². The fraction of sp³-hybridized carbons (Fsp3) is 0.250. The van der Waals surface area contributed by atoms with E-state index in [0.717, 1.165) is 36.5 Å². The molecule has 2 aromatic heterocycles. The summed E-state index contributed by atoms with van der Waals surface area (Å²) in [6.07, 6.45) is 4.56. The fourth-order valence-corrected chi connectivity index (χ4v) is 2.26. The molecule has 0 spiro atoms. The second-order valence-electron chi connectivity index (χ2n) is 4.94. The van der Waals surface area contributed by atoms with Crippen molar-refractivity contribution in [2.24, 2.45) is 0 Å². The standard InChI is InChI=1S/C16H18N4/c1-12-2-4-14-10-13(3-5-15(14)20-12)11-17-7-6-16-18-8-9-19-16/h2-5,8-10,17H,6-7,11H2,1H3,(H,18,19). The van der Waals surface area contributed by atoms with E-state index >= 15 is 0 Å². The summed E-state index contributed by atoms with van der Waals surface area (Å²) in [5.74, 6) is 1.02. The summed E-state index contributed by atoms with van der Waals surface area (Å²) in [5, 5.41) is 4.63. The summed E-state index contributed by atoms with van der Waals surface area (Å²) in [6.45, 7) is 3.80. The number of H-pyrrole nitrogens is 1. The molecule has 0 atom stereocenters. The minimum Gasteiger partial charge on any atom is -0.349 e. The van der Waals surface area contributed by atoms with Crippen LogP contribution >= 0.6 is 0 Å². The molecule has 20 heavy (non-hydrogen) atoms. The number of hydrogen-bond acceptors (Lipinski definition) is 3. The molecule has 102 valence electrons. The smallest absolute Gasteiger partial charge is 0.107 e. The average molecular weight is 266 g/mol. The maximum Gasteiger partial charge on any atom is 0.107 e. The van der Waals surface area contributed by atoms with Gasteiger partial charge in [0.1, 0.15) is 5.82 Å². The molecule has 0 aliphatic rings. The monoisotopic (exact) mass is 266 g/mol. The molecule has 3 aromatic rings. The van der Waals surface area contributed by atoms with E-state index in [1.807, 2.05) is 13.1 Å². The lowest BCUT2D eigenvalue weighted by Crippen LogP contribution is -2.17. The lowest BCUT2D eigenvalue weighted by molar-refractivity contribution is 0.674. The Bertz CT molecular complexity index is 689. The van der Waals surface area contributed by atoms with Gasteiger partial charge in [-0.2, -0.15) is 0 Å². The number of aromatic nitrogens is 3. The van der Waals surface area contributed by atoms with Gasteiger partial charge in [-0.1, -0.05) is 12.1 Å². The van der Waals surface area contributed by atoms with Crippen molar-refractivity contribution in [2.75, 3.05) is 6.54 Å². The van der Waals surface area contributed by atoms with Gasteiger partial charge >= 0.3 is 0 Å². The summed E-state index contributed by atoms with van der Waals surface area (Å²) in [4.78, 5) is 11.8. The second kappa shape index (κ2) is 5.84. The van der Waals surface area contributed by atoms with Gasteiger partial charge in [-0.3, -0.25) is 4.98 Å². The molecule has 4 nitrogen and oxygen atoms in total. The normalized spacial score (nSPS) is 11.1. The number of nitrogens with zero attached hydrogens (tertiary/aromatic N) is 2. The van der Waals surface area contributed by atoms with E-state index in [-0.39, 0.29) is 0 Å². The van der Waals surface area contributed by atoms with E-state index in [1.54, 1.807) is 6.20 Å². The Hall–Kier alpha value is -2.20. The number of fused-ring (bicyclic) bond motifs is 1. The van der Waals surface area contributed by atoms with Gasteiger partial charge in [-0.15, -0.1) is 0 Å². The van der Waals surface area contributed by atoms with Crippen molar-refractivity contribution in [2.45, 2.75) is 19.9 Å². The number of hydrogen-bond donors (Lipinski definition) is 2. The predicted octanol–water partition coefficient (Wildman–Crippen LogP) is 2.60. The molecule has 0 radical (unpaired) electrons. The summed E-state index contributed by atoms with van der Waals surface area (Å²) < 4.78 is 0. The number of nitrogens with one attached hydrogen (secondary N) is 2. The minimum absolute atomic E-state index is 0.866. The highest BCUT2D eigenvalue weighted by atomic mass is 14.9. The van der Waals surface area contributed by atoms with Crippen LogP contribution < -0.4 is 5.32 Å². The summed E-state index contributed by atoms with van der Waals surface area (Å²) in [6, 6.07) is 10.6. The Kier molecular flexibility index (Phi) is 3.74. The molecule has 0 aliphatic heterocycles. The average Bonchev–Trinajstić information content (AvgIpc) is 2.97. The zero-order valence-electron chi connectivity index (χ0n) is 11.6. The molecule has 2 heterocycles. The molecule has 0 amide bonds. The lowest BCUT2D eigenvalue weighted by atomic mass is 10.1. The maximum absolute atomic E-state index is 4.51. The highest BCUT2D eigenvalue weighted by Crippen LogP contribution is 2.14. The summed E-state index contributed by atoms with van der Waals surface area (Å²) in [7, 11) is 0. The number of rotatable bonds is 5. The van der Waals surface area contributed by atoms with Crippen LogP contribution in [-0.2, 0) is 13.0 Å². The first-order valence-electron chi connectivity index (χ1n) is 6.86. The Balaban J connectivity index is 1.58. The summed E-state index contributed by atoms with van der Waals surface area (Å²) >= 11 is 0. The molecule has 0 saturated carbocycles. The van der Waals surface area contributed by atoms with Crippen molar-refractivity contribution in [1.29, 1.82) is 0 Å². The Morgan fingerprint density at radius 3 is 3.00 bits per heavy atom. The van der Waals surface area contributed by atoms with E-state index in [1.165, 1.54) is 10.9 Å². The Labute approximate surface area is 118 Å². The number of aromatic amines is 1. The molecule has 0 aliphatic carbocycles. The molecular weight excluding hydrogens is 248 g/mol. The van der Waals surface area contributed by atoms with E-state index in [0.29, 0.717) is 0 Å². The lowest BCUT2D eigenvalue weighted by Gasteiger charge is -2.06. The van der Waals surface area contributed by atoms with Crippen LogP contribution in [-0.4, -0.2) is 21.5 Å². The SMILES string of the molecule is Cc1ccc2cc(CNCCc3ncc[nH]3)ccc2n1. The van der Waals surface area contributed by atoms with Crippen LogP contribution in [0.1, 0.15) is 17.1 Å². The third-order valence-electron chi connectivity index (χ3n) is 3.32. The van der Waals surface area contributed by atoms with E-state index in [2.05, 4.69) is 50.6 Å². The zero-order chi connectivity index (χ0) is 13.8. The molecule has 3 rings (SSSR count). The molecular formula is C16H18N4. The van der Waals surface area contributed by atoms with Crippen LogP contribution in [0.5, 0.6) is 0 Å². The van der Waals surface area contributed by atoms with Crippen LogP contribution in [0.2, 0.25) is 0 Å². The van der Waals surface area contributed by atoms with Gasteiger partial charge in [0.05, 0.1) is 5.52 Å². The molecule has 0 bridgehead atoms. The quantitative estimate of drug-likeness (QED) is 0.698. The number of imidazole rings is 1. The summed E-state index contributed by atoms with van der Waals surface area (Å²) in [5.41, 5.74) is 3.40.